The second-order valence-corrected chi connectivity index (χ2v) is 11.3. The van der Waals surface area contributed by atoms with Crippen LogP contribution in [0.1, 0.15) is 30.4 Å². The smallest absolute Gasteiger partial charge is 0.240 e. The Kier molecular flexibility index (Phi) is 10.7. The average molecular weight is 647 g/mol. The van der Waals surface area contributed by atoms with Crippen molar-refractivity contribution >= 4 is 57.2 Å². The van der Waals surface area contributed by atoms with Crippen molar-refractivity contribution in [1.82, 2.24) is 10.3 Å². The van der Waals surface area contributed by atoms with Crippen LogP contribution in [0.4, 0.5) is 5.69 Å². The van der Waals surface area contributed by atoms with Crippen LogP contribution in [0.3, 0.4) is 0 Å². The number of aromatic nitrogens is 1. The molecule has 9 nitrogen and oxygen atoms in total. The first-order valence-corrected chi connectivity index (χ1v) is 15.3. The third-order valence-electron chi connectivity index (χ3n) is 7.39. The molecule has 0 saturated carbocycles. The van der Waals surface area contributed by atoms with E-state index in [-0.39, 0.29) is 45.1 Å². The predicted molar refractivity (Wildman–Crippen MR) is 177 cm³/mol. The highest BCUT2D eigenvalue weighted by Crippen LogP contribution is 2.33. The summed E-state index contributed by atoms with van der Waals surface area (Å²) in [5.74, 6) is -0.424. The number of hydrogen-bond acceptors (Lipinski definition) is 7. The molecule has 1 atom stereocenters. The van der Waals surface area contributed by atoms with Crippen molar-refractivity contribution in [3.63, 3.8) is 0 Å². The van der Waals surface area contributed by atoms with Crippen molar-refractivity contribution in [3.05, 3.63) is 118 Å². The van der Waals surface area contributed by atoms with Gasteiger partial charge in [0.1, 0.15) is 12.7 Å². The van der Waals surface area contributed by atoms with E-state index in [4.69, 9.17) is 38.7 Å². The van der Waals surface area contributed by atoms with E-state index >= 15 is 0 Å². The molecule has 2 heterocycles. The SMILES string of the molecule is NC(=O)[C@H](Cc1ccc2ccccc2c1)NC(=O)CCCOC1=C(CCO)C(c2cccnc2)=NCN1c1ccc(Cl)c(Cl)c1. The lowest BCUT2D eigenvalue weighted by atomic mass is 10.00. The Balaban J connectivity index is 1.27. The second kappa shape index (κ2) is 15.0. The van der Waals surface area contributed by atoms with E-state index in [0.29, 0.717) is 39.3 Å². The number of aliphatic hydroxyl groups is 1. The van der Waals surface area contributed by atoms with Gasteiger partial charge >= 0.3 is 0 Å². The van der Waals surface area contributed by atoms with Gasteiger partial charge in [-0.2, -0.15) is 0 Å². The Bertz CT molecular complexity index is 1750. The Labute approximate surface area is 271 Å². The summed E-state index contributed by atoms with van der Waals surface area (Å²) in [6.07, 6.45) is 4.42. The van der Waals surface area contributed by atoms with Gasteiger partial charge in [0, 0.05) is 55.1 Å². The van der Waals surface area contributed by atoms with Crippen molar-refractivity contribution in [3.8, 4) is 0 Å². The van der Waals surface area contributed by atoms with Gasteiger partial charge in [0.05, 0.1) is 22.4 Å². The molecule has 1 aliphatic rings. The number of carbonyl (C=O) groups excluding carboxylic acids is 2. The normalized spacial score (nSPS) is 13.8. The molecule has 0 fully saturated rings. The summed E-state index contributed by atoms with van der Waals surface area (Å²) in [6.45, 7) is 0.272. The highest BCUT2D eigenvalue weighted by molar-refractivity contribution is 6.42. The Morgan fingerprint density at radius 1 is 1.02 bits per heavy atom. The molecular weight excluding hydrogens is 613 g/mol. The minimum Gasteiger partial charge on any atom is -0.479 e. The van der Waals surface area contributed by atoms with Crippen molar-refractivity contribution < 1.29 is 19.4 Å². The molecule has 3 aromatic carbocycles. The topological polar surface area (TPSA) is 130 Å². The molecule has 2 amide bonds. The number of pyridine rings is 1. The first-order chi connectivity index (χ1) is 21.8. The van der Waals surface area contributed by atoms with Crippen LogP contribution >= 0.6 is 23.2 Å². The standard InChI is InChI=1S/C34H33Cl2N5O4/c35-28-12-11-26(19-29(28)36)41-21-39-32(25-7-3-14-38-20-25)27(13-15-42)34(41)45-16-4-8-31(43)40-30(33(37)44)18-22-9-10-23-5-1-2-6-24(23)17-22/h1-3,5-7,9-12,14,17,19-20,30,42H,4,8,13,15-16,18,21H2,(H2,37,44)(H,40,43)/t30-/m0/s1. The summed E-state index contributed by atoms with van der Waals surface area (Å²) in [5.41, 5.74) is 9.40. The van der Waals surface area contributed by atoms with E-state index in [2.05, 4.69) is 10.3 Å². The maximum atomic E-state index is 12.9. The van der Waals surface area contributed by atoms with Crippen LogP contribution < -0.4 is 16.0 Å². The number of nitrogens with zero attached hydrogens (tertiary/aromatic N) is 3. The lowest BCUT2D eigenvalue weighted by molar-refractivity contribution is -0.127. The third kappa shape index (κ3) is 7.99. The Morgan fingerprint density at radius 2 is 1.84 bits per heavy atom. The maximum Gasteiger partial charge on any atom is 0.240 e. The van der Waals surface area contributed by atoms with Crippen molar-refractivity contribution in [2.75, 3.05) is 24.8 Å². The molecule has 5 rings (SSSR count). The van der Waals surface area contributed by atoms with Crippen molar-refractivity contribution in [2.45, 2.75) is 31.7 Å². The average Bonchev–Trinajstić information content (AvgIpc) is 3.05. The van der Waals surface area contributed by atoms with Crippen molar-refractivity contribution in [2.24, 2.45) is 10.7 Å². The van der Waals surface area contributed by atoms with Gasteiger partial charge in [0.2, 0.25) is 17.7 Å². The van der Waals surface area contributed by atoms with Crippen LogP contribution in [0, 0.1) is 0 Å². The molecule has 1 aliphatic heterocycles. The number of primary amides is 1. The number of ether oxygens (including phenoxy) is 1. The van der Waals surface area contributed by atoms with Gasteiger partial charge in [-0.05, 0) is 53.1 Å². The van der Waals surface area contributed by atoms with Gasteiger partial charge in [0.15, 0.2) is 0 Å². The molecule has 0 unspecified atom stereocenters. The zero-order valence-electron chi connectivity index (χ0n) is 24.5. The number of aliphatic hydroxyl groups excluding tert-OH is 1. The second-order valence-electron chi connectivity index (χ2n) is 10.5. The number of nitrogens with one attached hydrogen (secondary N) is 1. The first kappa shape index (κ1) is 32.0. The van der Waals surface area contributed by atoms with Gasteiger partial charge in [0.25, 0.3) is 0 Å². The van der Waals surface area contributed by atoms with E-state index in [1.54, 1.807) is 24.5 Å². The lowest BCUT2D eigenvalue weighted by Crippen LogP contribution is -2.45. The van der Waals surface area contributed by atoms with Crippen LogP contribution in [0.25, 0.3) is 10.8 Å². The summed E-state index contributed by atoms with van der Waals surface area (Å²) in [7, 11) is 0. The zero-order valence-corrected chi connectivity index (χ0v) is 26.0. The molecule has 4 aromatic rings. The molecule has 1 aromatic heterocycles. The number of fused-ring (bicyclic) bond motifs is 1. The predicted octanol–water partition coefficient (Wildman–Crippen LogP) is 5.41. The number of aliphatic imine (C=N–C) groups is 1. The fraction of sp³-hybridized carbons (Fsp3) is 0.235. The van der Waals surface area contributed by atoms with Crippen molar-refractivity contribution in [1.29, 1.82) is 0 Å². The number of benzene rings is 3. The molecule has 0 aliphatic carbocycles. The summed E-state index contributed by atoms with van der Waals surface area (Å²) in [4.78, 5) is 36.0. The van der Waals surface area contributed by atoms with Gasteiger partial charge < -0.3 is 20.9 Å². The summed E-state index contributed by atoms with van der Waals surface area (Å²) >= 11 is 12.5. The van der Waals surface area contributed by atoms with E-state index in [1.807, 2.05) is 65.6 Å². The Morgan fingerprint density at radius 3 is 2.58 bits per heavy atom. The van der Waals surface area contributed by atoms with Crippen LogP contribution in [0.15, 0.2) is 102 Å². The van der Waals surface area contributed by atoms with Gasteiger partial charge in [-0.15, -0.1) is 0 Å². The maximum absolute atomic E-state index is 12.9. The molecule has 0 saturated heterocycles. The molecule has 0 spiro atoms. The van der Waals surface area contributed by atoms with Crippen LogP contribution in [-0.2, 0) is 20.7 Å². The first-order valence-electron chi connectivity index (χ1n) is 14.5. The number of amides is 2. The minimum absolute atomic E-state index is 0.112. The van der Waals surface area contributed by atoms with Gasteiger partial charge in [-0.3, -0.25) is 24.5 Å². The number of hydrogen-bond donors (Lipinski definition) is 3. The van der Waals surface area contributed by atoms with E-state index in [1.165, 1.54) is 0 Å². The quantitative estimate of drug-likeness (QED) is 0.167. The number of carbonyl (C=O) groups is 2. The summed E-state index contributed by atoms with van der Waals surface area (Å²) in [6, 6.07) is 21.9. The fourth-order valence-corrected chi connectivity index (χ4v) is 5.47. The van der Waals surface area contributed by atoms with E-state index in [9.17, 15) is 14.7 Å². The zero-order chi connectivity index (χ0) is 31.8. The third-order valence-corrected chi connectivity index (χ3v) is 8.13. The number of rotatable bonds is 13. The van der Waals surface area contributed by atoms with Gasteiger partial charge in [-0.25, -0.2) is 0 Å². The molecule has 45 heavy (non-hydrogen) atoms. The molecule has 4 N–H and O–H groups in total. The number of anilines is 1. The lowest BCUT2D eigenvalue weighted by Gasteiger charge is -2.32. The van der Waals surface area contributed by atoms with Crippen LogP contribution in [-0.4, -0.2) is 53.5 Å². The fourth-order valence-electron chi connectivity index (χ4n) is 5.18. The molecule has 0 bridgehead atoms. The summed E-state index contributed by atoms with van der Waals surface area (Å²) in [5, 5.41) is 15.7. The van der Waals surface area contributed by atoms with E-state index in [0.717, 1.165) is 21.9 Å². The van der Waals surface area contributed by atoms with Crippen LogP contribution in [0.5, 0.6) is 0 Å². The number of nitrogens with two attached hydrogens (primary N) is 1. The van der Waals surface area contributed by atoms with Crippen LogP contribution in [0.2, 0.25) is 10.0 Å². The molecule has 0 radical (unpaired) electrons. The Hall–Kier alpha value is -4.44. The highest BCUT2D eigenvalue weighted by Gasteiger charge is 2.27. The number of halogens is 2. The highest BCUT2D eigenvalue weighted by atomic mass is 35.5. The van der Waals surface area contributed by atoms with Gasteiger partial charge in [-0.1, -0.05) is 65.7 Å². The molecule has 232 valence electrons. The monoisotopic (exact) mass is 645 g/mol. The molecular formula is C34H33Cl2N5O4. The molecule has 11 heteroatoms. The minimum atomic E-state index is -0.847. The van der Waals surface area contributed by atoms with E-state index < -0.39 is 11.9 Å². The largest absolute Gasteiger partial charge is 0.479 e. The summed E-state index contributed by atoms with van der Waals surface area (Å²) < 4.78 is 6.32.